The van der Waals surface area contributed by atoms with Crippen molar-refractivity contribution in [1.29, 1.82) is 0 Å². The first-order valence-electron chi connectivity index (χ1n) is 16.9. The lowest BCUT2D eigenvalue weighted by Gasteiger charge is -2.12. The van der Waals surface area contributed by atoms with Crippen LogP contribution in [0.2, 0.25) is 6.82 Å². The van der Waals surface area contributed by atoms with E-state index in [4.69, 9.17) is 19.9 Å². The topological polar surface area (TPSA) is 56.5 Å². The van der Waals surface area contributed by atoms with Crippen molar-refractivity contribution < 1.29 is 0 Å². The number of aromatic nitrogens is 5. The maximum Gasteiger partial charge on any atom is 0.176 e. The van der Waals surface area contributed by atoms with Crippen LogP contribution in [0.3, 0.4) is 0 Å². The first-order valence-corrected chi connectivity index (χ1v) is 17.7. The lowest BCUT2D eigenvalue weighted by Crippen LogP contribution is -2.04. The number of hydrogen-bond donors (Lipinski definition) is 0. The summed E-state index contributed by atoms with van der Waals surface area (Å²) in [5.41, 5.74) is 9.12. The van der Waals surface area contributed by atoms with Gasteiger partial charge in [-0.1, -0.05) is 130 Å². The third-order valence-electron chi connectivity index (χ3n) is 8.23. The molecule has 3 aromatic heterocycles. The van der Waals surface area contributed by atoms with E-state index < -0.39 is 0 Å². The monoisotopic (exact) mass is 683 g/mol. The molecule has 0 N–H and O–H groups in total. The Morgan fingerprint density at radius 3 is 2.10 bits per heavy atom. The normalized spacial score (nSPS) is 13.3. The van der Waals surface area contributed by atoms with Crippen LogP contribution in [0, 0.1) is 0 Å². The van der Waals surface area contributed by atoms with Crippen LogP contribution in [0.25, 0.3) is 67.0 Å². The van der Waals surface area contributed by atoms with Crippen LogP contribution in [0.15, 0.2) is 142 Å². The summed E-state index contributed by atoms with van der Waals surface area (Å²) < 4.78 is 3.35. The molecule has 0 unspecified atom stereocenters. The molecular weight excluding hydrogens is 641 g/mol. The Balaban J connectivity index is 1.57. The third kappa shape index (κ3) is 8.12. The molecule has 0 aliphatic carbocycles. The van der Waals surface area contributed by atoms with Gasteiger partial charge in [0.2, 0.25) is 0 Å². The number of allylic oxidation sites excluding steroid dienone is 15. The number of benzene rings is 2. The quantitative estimate of drug-likeness (QED) is 0.0863. The first-order chi connectivity index (χ1) is 24.9. The van der Waals surface area contributed by atoms with Gasteiger partial charge in [-0.25, -0.2) is 19.9 Å². The second-order valence-corrected chi connectivity index (χ2v) is 12.7. The van der Waals surface area contributed by atoms with Crippen molar-refractivity contribution in [3.05, 3.63) is 170 Å². The molecule has 0 amide bonds. The first kappa shape index (κ1) is 36.4. The van der Waals surface area contributed by atoms with Gasteiger partial charge in [0.15, 0.2) is 24.8 Å². The summed E-state index contributed by atoms with van der Waals surface area (Å²) in [5.74, 6) is 1.81. The van der Waals surface area contributed by atoms with Crippen molar-refractivity contribution in [2.24, 2.45) is 0 Å². The SMILES string of the molecule is C=C/C=C\C=C(/C)c1nc(/C(C)=C/C=C\C=C)nc(-c2ccc3nc(/C(C=C)=C/C=C(\BC)n4c(/C=C\C)c(C=C)c5ccccc54)sc3c2)n1. The summed E-state index contributed by atoms with van der Waals surface area (Å²) in [6.45, 7) is 24.0. The molecule has 5 rings (SSSR count). The van der Waals surface area contributed by atoms with Gasteiger partial charge in [0.25, 0.3) is 0 Å². The number of thiazole rings is 1. The highest BCUT2D eigenvalue weighted by atomic mass is 32.1. The van der Waals surface area contributed by atoms with E-state index in [1.165, 1.54) is 5.39 Å². The van der Waals surface area contributed by atoms with Gasteiger partial charge in [-0.15, -0.1) is 11.3 Å². The zero-order valence-corrected chi connectivity index (χ0v) is 30.6. The number of hydrogen-bond acceptors (Lipinski definition) is 5. The van der Waals surface area contributed by atoms with Crippen LogP contribution in [-0.2, 0) is 0 Å². The van der Waals surface area contributed by atoms with Gasteiger partial charge < -0.3 is 4.57 Å². The molecule has 0 aliphatic heterocycles. The van der Waals surface area contributed by atoms with Gasteiger partial charge in [0, 0.05) is 22.1 Å². The maximum absolute atomic E-state index is 5.00. The van der Waals surface area contributed by atoms with Crippen molar-refractivity contribution in [3.8, 4) is 11.4 Å². The molecule has 0 saturated carbocycles. The smallest absolute Gasteiger partial charge is 0.176 e. The van der Waals surface area contributed by atoms with Gasteiger partial charge in [0.1, 0.15) is 5.01 Å². The zero-order valence-electron chi connectivity index (χ0n) is 29.8. The summed E-state index contributed by atoms with van der Waals surface area (Å²) in [5, 5.41) is 2.07. The molecule has 0 spiro atoms. The molecule has 3 heterocycles. The Kier molecular flexibility index (Phi) is 12.2. The van der Waals surface area contributed by atoms with E-state index >= 15 is 0 Å². The van der Waals surface area contributed by atoms with Gasteiger partial charge in [-0.2, -0.15) is 0 Å². The largest absolute Gasteiger partial charge is 0.322 e. The highest BCUT2D eigenvalue weighted by Crippen LogP contribution is 2.33. The van der Waals surface area contributed by atoms with E-state index in [1.54, 1.807) is 23.5 Å². The predicted molar refractivity (Wildman–Crippen MR) is 227 cm³/mol. The predicted octanol–water partition coefficient (Wildman–Crippen LogP) is 11.6. The number of rotatable bonds is 14. The van der Waals surface area contributed by atoms with E-state index in [0.717, 1.165) is 67.2 Å². The molecule has 51 heavy (non-hydrogen) atoms. The molecule has 252 valence electrons. The number of nitrogens with zero attached hydrogens (tertiary/aromatic N) is 5. The molecule has 0 bridgehead atoms. The molecule has 5 aromatic rings. The Labute approximate surface area is 306 Å². The van der Waals surface area contributed by atoms with E-state index in [9.17, 15) is 0 Å². The Hall–Kier alpha value is -5.92. The highest BCUT2D eigenvalue weighted by molar-refractivity contribution is 7.19. The van der Waals surface area contributed by atoms with E-state index in [1.807, 2.05) is 81.5 Å². The fourth-order valence-corrected chi connectivity index (χ4v) is 6.67. The minimum Gasteiger partial charge on any atom is -0.322 e. The van der Waals surface area contributed by atoms with Crippen LogP contribution in [0.5, 0.6) is 0 Å². The summed E-state index contributed by atoms with van der Waals surface area (Å²) in [6, 6.07) is 14.6. The van der Waals surface area contributed by atoms with Crippen molar-refractivity contribution in [2.75, 3.05) is 0 Å². The minimum absolute atomic E-state index is 0.595. The van der Waals surface area contributed by atoms with Crippen LogP contribution in [0.1, 0.15) is 48.7 Å². The molecule has 0 saturated heterocycles. The standard InChI is InChI=1S/C44H42BN5S/c1-9-14-16-21-30(6)41-47-42(31(7)22-17-15-10-2)49-43(48-41)33-25-27-36-39(29-33)51-44(46-36)32(12-4)26-28-40(45-8)50-37(20-11-3)34(13-5)35-23-18-19-24-38(35)50/h9-29,45H,1-2,4-5H2,3,6-8H3/b16-14-,17-15-,20-11-,30-21+,31-22+,32-26+,40-28+. The van der Waals surface area contributed by atoms with Crippen molar-refractivity contribution in [3.63, 3.8) is 0 Å². The second-order valence-electron chi connectivity index (χ2n) is 11.6. The second kappa shape index (κ2) is 17.1. The van der Waals surface area contributed by atoms with Gasteiger partial charge >= 0.3 is 0 Å². The number of fused-ring (bicyclic) bond motifs is 2. The Bertz CT molecular complexity index is 2300. The lowest BCUT2D eigenvalue weighted by atomic mass is 9.76. The van der Waals surface area contributed by atoms with Crippen molar-refractivity contribution in [1.82, 2.24) is 24.5 Å². The van der Waals surface area contributed by atoms with E-state index in [-0.39, 0.29) is 0 Å². The van der Waals surface area contributed by atoms with Crippen LogP contribution in [0.4, 0.5) is 0 Å². The summed E-state index contributed by atoms with van der Waals surface area (Å²) in [6.07, 6.45) is 27.3. The van der Waals surface area contributed by atoms with Crippen molar-refractivity contribution >= 4 is 74.2 Å². The van der Waals surface area contributed by atoms with E-state index in [2.05, 4.69) is 92.3 Å². The molecule has 0 atom stereocenters. The lowest BCUT2D eigenvalue weighted by molar-refractivity contribution is 0.995. The summed E-state index contributed by atoms with van der Waals surface area (Å²) in [7, 11) is 0.832. The average Bonchev–Trinajstić information content (AvgIpc) is 3.72. The molecule has 0 radical (unpaired) electrons. The Morgan fingerprint density at radius 1 is 0.804 bits per heavy atom. The summed E-state index contributed by atoms with van der Waals surface area (Å²) >= 11 is 1.62. The van der Waals surface area contributed by atoms with Crippen LogP contribution >= 0.6 is 11.3 Å². The van der Waals surface area contributed by atoms with Gasteiger partial charge in [-0.05, 0) is 67.9 Å². The molecule has 0 fully saturated rings. The van der Waals surface area contributed by atoms with Crippen molar-refractivity contribution in [2.45, 2.75) is 27.6 Å². The fraction of sp³-hybridized carbons (Fsp3) is 0.0909. The molecule has 5 nitrogen and oxygen atoms in total. The zero-order chi connectivity index (χ0) is 36.3. The maximum atomic E-state index is 5.00. The average molecular weight is 684 g/mol. The van der Waals surface area contributed by atoms with Gasteiger partial charge in [-0.3, -0.25) is 0 Å². The fourth-order valence-electron chi connectivity index (χ4n) is 5.64. The number of para-hydroxylation sites is 1. The van der Waals surface area contributed by atoms with Crippen LogP contribution in [-0.4, -0.2) is 31.8 Å². The molecule has 0 aliphatic rings. The molecule has 7 heteroatoms. The van der Waals surface area contributed by atoms with Gasteiger partial charge in [0.05, 0.1) is 21.4 Å². The minimum atomic E-state index is 0.595. The van der Waals surface area contributed by atoms with Crippen LogP contribution < -0.4 is 0 Å². The highest BCUT2D eigenvalue weighted by Gasteiger charge is 2.16. The summed E-state index contributed by atoms with van der Waals surface area (Å²) in [4.78, 5) is 19.6. The Morgan fingerprint density at radius 2 is 1.49 bits per heavy atom. The molecule has 2 aromatic carbocycles. The molecular formula is C44H42BN5S. The van der Waals surface area contributed by atoms with E-state index in [0.29, 0.717) is 17.5 Å². The third-order valence-corrected chi connectivity index (χ3v) is 9.29.